The molecule has 1 saturated carbocycles. The van der Waals surface area contributed by atoms with Gasteiger partial charge < -0.3 is 4.90 Å². The fraction of sp³-hybridized carbons (Fsp3) is 0.474. The number of nitrogens with zero attached hydrogens (tertiary/aromatic N) is 3. The highest BCUT2D eigenvalue weighted by Gasteiger charge is 2.25. The number of halogens is 1. The summed E-state index contributed by atoms with van der Waals surface area (Å²) in [7, 11) is 1.90. The van der Waals surface area contributed by atoms with Crippen molar-refractivity contribution in [1.82, 2.24) is 14.7 Å². The van der Waals surface area contributed by atoms with E-state index in [0.29, 0.717) is 11.6 Å². The Hall–Kier alpha value is -2.17. The first-order valence-electron chi connectivity index (χ1n) is 8.65. The molecule has 0 aliphatic heterocycles. The number of amides is 1. The molecule has 1 aliphatic carbocycles. The van der Waals surface area contributed by atoms with Gasteiger partial charge in [-0.25, -0.2) is 9.07 Å². The van der Waals surface area contributed by atoms with E-state index in [9.17, 15) is 9.18 Å². The lowest BCUT2D eigenvalue weighted by atomic mass is 10.1. The quantitative estimate of drug-likeness (QED) is 0.795. The summed E-state index contributed by atoms with van der Waals surface area (Å²) in [4.78, 5) is 14.8. The predicted octanol–water partition coefficient (Wildman–Crippen LogP) is 4.11. The Morgan fingerprint density at radius 1 is 1.17 bits per heavy atom. The molecule has 1 amide bonds. The lowest BCUT2D eigenvalue weighted by Gasteiger charge is -2.27. The van der Waals surface area contributed by atoms with Crippen LogP contribution >= 0.6 is 0 Å². The van der Waals surface area contributed by atoms with Crippen LogP contribution in [0.4, 0.5) is 4.39 Å². The van der Waals surface area contributed by atoms with Crippen LogP contribution in [0, 0.1) is 12.7 Å². The van der Waals surface area contributed by atoms with E-state index in [-0.39, 0.29) is 11.7 Å². The topological polar surface area (TPSA) is 38.1 Å². The highest BCUT2D eigenvalue weighted by atomic mass is 19.1. The molecule has 4 nitrogen and oxygen atoms in total. The van der Waals surface area contributed by atoms with Crippen LogP contribution in [0.5, 0.6) is 0 Å². The van der Waals surface area contributed by atoms with Crippen molar-refractivity contribution in [3.05, 3.63) is 47.5 Å². The molecule has 5 heteroatoms. The van der Waals surface area contributed by atoms with Crippen LogP contribution in [0.1, 0.15) is 54.6 Å². The summed E-state index contributed by atoms with van der Waals surface area (Å²) in [6, 6.07) is 6.44. The summed E-state index contributed by atoms with van der Waals surface area (Å²) < 4.78 is 14.8. The number of carbonyl (C=O) groups is 1. The average molecular weight is 329 g/mol. The van der Waals surface area contributed by atoms with Crippen molar-refractivity contribution in [2.75, 3.05) is 7.05 Å². The summed E-state index contributed by atoms with van der Waals surface area (Å²) in [5.41, 5.74) is 2.16. The smallest absolute Gasteiger partial charge is 0.257 e. The molecule has 24 heavy (non-hydrogen) atoms. The Morgan fingerprint density at radius 3 is 2.42 bits per heavy atom. The van der Waals surface area contributed by atoms with Gasteiger partial charge >= 0.3 is 0 Å². The van der Waals surface area contributed by atoms with Gasteiger partial charge in [-0.05, 0) is 44.0 Å². The third-order valence-electron chi connectivity index (χ3n) is 5.00. The van der Waals surface area contributed by atoms with Crippen LogP contribution in [0.2, 0.25) is 0 Å². The zero-order valence-corrected chi connectivity index (χ0v) is 14.3. The molecule has 2 aromatic rings. The SMILES string of the molecule is Cc1c(C(=O)N(C)C2CCCCCC2)cnn1-c1ccc(F)cc1. The van der Waals surface area contributed by atoms with Gasteiger partial charge in [0.05, 0.1) is 23.1 Å². The van der Waals surface area contributed by atoms with Crippen molar-refractivity contribution in [2.45, 2.75) is 51.5 Å². The molecule has 1 aromatic heterocycles. The van der Waals surface area contributed by atoms with Crippen LogP contribution < -0.4 is 0 Å². The zero-order valence-electron chi connectivity index (χ0n) is 14.3. The van der Waals surface area contributed by atoms with E-state index in [4.69, 9.17) is 0 Å². The van der Waals surface area contributed by atoms with E-state index in [1.165, 1.54) is 37.8 Å². The van der Waals surface area contributed by atoms with Crippen molar-refractivity contribution in [3.63, 3.8) is 0 Å². The lowest BCUT2D eigenvalue weighted by Crippen LogP contribution is -2.37. The van der Waals surface area contributed by atoms with E-state index < -0.39 is 0 Å². The van der Waals surface area contributed by atoms with Gasteiger partial charge in [0, 0.05) is 13.1 Å². The van der Waals surface area contributed by atoms with Crippen molar-refractivity contribution < 1.29 is 9.18 Å². The van der Waals surface area contributed by atoms with E-state index in [1.807, 2.05) is 18.9 Å². The van der Waals surface area contributed by atoms with Gasteiger partial charge in [0.25, 0.3) is 5.91 Å². The molecule has 3 rings (SSSR count). The number of rotatable bonds is 3. The molecule has 0 bridgehead atoms. The minimum Gasteiger partial charge on any atom is -0.339 e. The Labute approximate surface area is 142 Å². The number of hydrogen-bond acceptors (Lipinski definition) is 2. The van der Waals surface area contributed by atoms with Crippen LogP contribution in [0.15, 0.2) is 30.5 Å². The van der Waals surface area contributed by atoms with Crippen LogP contribution in [0.3, 0.4) is 0 Å². The van der Waals surface area contributed by atoms with Gasteiger partial charge in [0.1, 0.15) is 5.82 Å². The molecule has 1 aliphatic rings. The molecule has 0 radical (unpaired) electrons. The minimum absolute atomic E-state index is 0.0211. The van der Waals surface area contributed by atoms with Gasteiger partial charge in [-0.3, -0.25) is 4.79 Å². The average Bonchev–Trinajstić information content (AvgIpc) is 2.80. The van der Waals surface area contributed by atoms with Crippen molar-refractivity contribution >= 4 is 5.91 Å². The predicted molar refractivity (Wildman–Crippen MR) is 91.8 cm³/mol. The third kappa shape index (κ3) is 3.35. The largest absolute Gasteiger partial charge is 0.339 e. The summed E-state index contributed by atoms with van der Waals surface area (Å²) in [5.74, 6) is -0.263. The van der Waals surface area contributed by atoms with Gasteiger partial charge in [0.15, 0.2) is 0 Å². The highest BCUT2D eigenvalue weighted by molar-refractivity contribution is 5.95. The van der Waals surface area contributed by atoms with E-state index >= 15 is 0 Å². The maximum atomic E-state index is 13.1. The van der Waals surface area contributed by atoms with E-state index in [1.54, 1.807) is 23.0 Å². The molecule has 0 atom stereocenters. The first-order valence-corrected chi connectivity index (χ1v) is 8.65. The highest BCUT2D eigenvalue weighted by Crippen LogP contribution is 2.23. The van der Waals surface area contributed by atoms with Crippen LogP contribution in [-0.2, 0) is 0 Å². The number of hydrogen-bond donors (Lipinski definition) is 0. The Bertz CT molecular complexity index is 700. The first kappa shape index (κ1) is 16.7. The van der Waals surface area contributed by atoms with Crippen LogP contribution in [-0.4, -0.2) is 33.7 Å². The van der Waals surface area contributed by atoms with Crippen molar-refractivity contribution in [3.8, 4) is 5.69 Å². The second-order valence-corrected chi connectivity index (χ2v) is 6.59. The molecule has 1 aromatic carbocycles. The summed E-state index contributed by atoms with van der Waals surface area (Å²) in [6.07, 6.45) is 8.68. The summed E-state index contributed by atoms with van der Waals surface area (Å²) in [5, 5.41) is 4.33. The molecule has 0 unspecified atom stereocenters. The van der Waals surface area contributed by atoms with Crippen molar-refractivity contribution in [2.24, 2.45) is 0 Å². The Kier molecular flexibility index (Phi) is 4.97. The summed E-state index contributed by atoms with van der Waals surface area (Å²) in [6.45, 7) is 1.88. The van der Waals surface area contributed by atoms with Gasteiger partial charge in [-0.1, -0.05) is 25.7 Å². The lowest BCUT2D eigenvalue weighted by molar-refractivity contribution is 0.0717. The maximum Gasteiger partial charge on any atom is 0.257 e. The third-order valence-corrected chi connectivity index (χ3v) is 5.00. The first-order chi connectivity index (χ1) is 11.6. The molecule has 128 valence electrons. The molecule has 0 N–H and O–H groups in total. The summed E-state index contributed by atoms with van der Waals surface area (Å²) >= 11 is 0. The standard InChI is InChI=1S/C19H24FN3O/c1-14-18(13-21-23(14)17-11-9-15(20)10-12-17)19(24)22(2)16-7-5-3-4-6-8-16/h9-13,16H,3-8H2,1-2H3. The maximum absolute atomic E-state index is 13.1. The van der Waals surface area contributed by atoms with Crippen LogP contribution in [0.25, 0.3) is 5.69 Å². The molecule has 1 fully saturated rings. The molecular formula is C19H24FN3O. The molecule has 0 spiro atoms. The van der Waals surface area contributed by atoms with E-state index in [2.05, 4.69) is 5.10 Å². The Morgan fingerprint density at radius 2 is 1.79 bits per heavy atom. The normalized spacial score (nSPS) is 16.0. The fourth-order valence-corrected chi connectivity index (χ4v) is 3.46. The van der Waals surface area contributed by atoms with E-state index in [0.717, 1.165) is 24.2 Å². The van der Waals surface area contributed by atoms with Gasteiger partial charge in [-0.15, -0.1) is 0 Å². The fourth-order valence-electron chi connectivity index (χ4n) is 3.46. The number of benzene rings is 1. The Balaban J connectivity index is 1.81. The number of carbonyl (C=O) groups excluding carboxylic acids is 1. The number of aromatic nitrogens is 2. The van der Waals surface area contributed by atoms with Gasteiger partial charge in [-0.2, -0.15) is 5.10 Å². The minimum atomic E-state index is -0.284. The van der Waals surface area contributed by atoms with Gasteiger partial charge in [0.2, 0.25) is 0 Å². The molecule has 1 heterocycles. The second kappa shape index (κ2) is 7.16. The molecule has 0 saturated heterocycles. The van der Waals surface area contributed by atoms with Crippen molar-refractivity contribution in [1.29, 1.82) is 0 Å². The monoisotopic (exact) mass is 329 g/mol. The molecular weight excluding hydrogens is 305 g/mol. The zero-order chi connectivity index (χ0) is 17.1. The second-order valence-electron chi connectivity index (χ2n) is 6.59.